The average molecular weight is 346 g/mol. The van der Waals surface area contributed by atoms with Gasteiger partial charge in [0.25, 0.3) is 0 Å². The number of aromatic nitrogens is 2. The van der Waals surface area contributed by atoms with Crippen molar-refractivity contribution in [2.75, 3.05) is 18.0 Å². The highest BCUT2D eigenvalue weighted by Crippen LogP contribution is 2.40. The lowest BCUT2D eigenvalue weighted by Crippen LogP contribution is -2.16. The minimum Gasteiger partial charge on any atom is -0.442 e. The summed E-state index contributed by atoms with van der Waals surface area (Å²) < 4.78 is 5.64. The van der Waals surface area contributed by atoms with Crippen molar-refractivity contribution in [1.82, 2.24) is 9.97 Å². The molecule has 0 amide bonds. The van der Waals surface area contributed by atoms with Gasteiger partial charge < -0.3 is 9.32 Å². The molecule has 1 aliphatic rings. The van der Waals surface area contributed by atoms with Gasteiger partial charge in [0, 0.05) is 19.5 Å². The molecule has 1 saturated heterocycles. The Morgan fingerprint density at radius 2 is 1.96 bits per heavy atom. The first-order valence-electron chi connectivity index (χ1n) is 7.69. The van der Waals surface area contributed by atoms with Gasteiger partial charge in [-0.3, -0.25) is 0 Å². The summed E-state index contributed by atoms with van der Waals surface area (Å²) >= 11 is 7.96. The van der Waals surface area contributed by atoms with E-state index in [4.69, 9.17) is 16.0 Å². The maximum absolute atomic E-state index is 6.37. The van der Waals surface area contributed by atoms with Crippen LogP contribution < -0.4 is 4.90 Å². The summed E-state index contributed by atoms with van der Waals surface area (Å²) in [6, 6.07) is 10.2. The van der Waals surface area contributed by atoms with Crippen molar-refractivity contribution in [1.29, 1.82) is 0 Å². The molecule has 0 unspecified atom stereocenters. The molecule has 0 aliphatic carbocycles. The fraction of sp³-hybridized carbons (Fsp3) is 0.294. The van der Waals surface area contributed by atoms with Crippen LogP contribution in [0.25, 0.3) is 10.6 Å². The van der Waals surface area contributed by atoms with E-state index in [-0.39, 0.29) is 0 Å². The Kier molecular flexibility index (Phi) is 4.06. The van der Waals surface area contributed by atoms with Gasteiger partial charge in [-0.05, 0) is 18.4 Å². The molecule has 0 N–H and O–H groups in total. The second-order valence-corrected chi connectivity index (χ2v) is 6.94. The topological polar surface area (TPSA) is 42.2 Å². The third-order valence-electron chi connectivity index (χ3n) is 4.01. The molecule has 23 heavy (non-hydrogen) atoms. The van der Waals surface area contributed by atoms with Crippen molar-refractivity contribution in [3.8, 4) is 10.6 Å². The predicted octanol–water partition coefficient (Wildman–Crippen LogP) is 4.64. The summed E-state index contributed by atoms with van der Waals surface area (Å²) in [5.41, 5.74) is 2.10. The first kappa shape index (κ1) is 14.7. The van der Waals surface area contributed by atoms with E-state index in [1.807, 2.05) is 18.2 Å². The van der Waals surface area contributed by atoms with Crippen LogP contribution in [0.4, 0.5) is 5.13 Å². The van der Waals surface area contributed by atoms with Gasteiger partial charge in [0.1, 0.15) is 4.88 Å². The molecule has 3 aromatic rings. The second-order valence-electron chi connectivity index (χ2n) is 5.60. The SMILES string of the molecule is Clc1nc(N2CCCC2)sc1-c1ocnc1Cc1ccccc1. The lowest BCUT2D eigenvalue weighted by Gasteiger charge is -2.11. The van der Waals surface area contributed by atoms with E-state index in [0.717, 1.165) is 41.0 Å². The smallest absolute Gasteiger partial charge is 0.187 e. The fourth-order valence-electron chi connectivity index (χ4n) is 2.84. The molecular weight excluding hydrogens is 330 g/mol. The Labute approximate surface area is 143 Å². The highest BCUT2D eigenvalue weighted by molar-refractivity contribution is 7.19. The van der Waals surface area contributed by atoms with E-state index in [1.54, 1.807) is 11.3 Å². The zero-order chi connectivity index (χ0) is 15.6. The number of benzene rings is 1. The Bertz CT molecular complexity index is 793. The zero-order valence-corrected chi connectivity index (χ0v) is 14.1. The Balaban J connectivity index is 1.65. The first-order valence-corrected chi connectivity index (χ1v) is 8.88. The van der Waals surface area contributed by atoms with Gasteiger partial charge in [-0.15, -0.1) is 0 Å². The second kappa shape index (κ2) is 6.34. The minimum absolute atomic E-state index is 0.503. The monoisotopic (exact) mass is 345 g/mol. The number of anilines is 1. The summed E-state index contributed by atoms with van der Waals surface area (Å²) in [5, 5.41) is 1.48. The van der Waals surface area contributed by atoms with Gasteiger partial charge in [-0.2, -0.15) is 0 Å². The fourth-order valence-corrected chi connectivity index (χ4v) is 4.20. The van der Waals surface area contributed by atoms with Crippen LogP contribution in [0.1, 0.15) is 24.1 Å². The van der Waals surface area contributed by atoms with Gasteiger partial charge in [0.05, 0.1) is 5.69 Å². The Morgan fingerprint density at radius 1 is 1.17 bits per heavy atom. The molecule has 4 nitrogen and oxygen atoms in total. The van der Waals surface area contributed by atoms with E-state index in [9.17, 15) is 0 Å². The van der Waals surface area contributed by atoms with Gasteiger partial charge in [-0.1, -0.05) is 53.3 Å². The van der Waals surface area contributed by atoms with E-state index in [2.05, 4.69) is 27.0 Å². The summed E-state index contributed by atoms with van der Waals surface area (Å²) in [6.07, 6.45) is 4.64. The molecule has 118 valence electrons. The quantitative estimate of drug-likeness (QED) is 0.690. The molecule has 4 rings (SSSR count). The van der Waals surface area contributed by atoms with Gasteiger partial charge in [-0.25, -0.2) is 9.97 Å². The van der Waals surface area contributed by atoms with Crippen LogP contribution in [0.3, 0.4) is 0 Å². The van der Waals surface area contributed by atoms with Crippen molar-refractivity contribution in [3.05, 3.63) is 53.1 Å². The van der Waals surface area contributed by atoms with E-state index in [0.29, 0.717) is 5.15 Å². The molecule has 6 heteroatoms. The highest BCUT2D eigenvalue weighted by atomic mass is 35.5. The van der Waals surface area contributed by atoms with E-state index < -0.39 is 0 Å². The number of hydrogen-bond acceptors (Lipinski definition) is 5. The van der Waals surface area contributed by atoms with Crippen molar-refractivity contribution in [2.24, 2.45) is 0 Å². The molecule has 0 saturated carbocycles. The molecule has 2 aromatic heterocycles. The number of hydrogen-bond donors (Lipinski definition) is 0. The molecular formula is C17H16ClN3OS. The van der Waals surface area contributed by atoms with Gasteiger partial charge in [0.2, 0.25) is 0 Å². The number of rotatable bonds is 4. The molecule has 1 fully saturated rings. The summed E-state index contributed by atoms with van der Waals surface area (Å²) in [4.78, 5) is 12.1. The van der Waals surface area contributed by atoms with Gasteiger partial charge in [0.15, 0.2) is 22.4 Å². The molecule has 0 spiro atoms. The van der Waals surface area contributed by atoms with Crippen molar-refractivity contribution >= 4 is 28.1 Å². The largest absolute Gasteiger partial charge is 0.442 e. The van der Waals surface area contributed by atoms with Crippen LogP contribution in [-0.4, -0.2) is 23.1 Å². The lowest BCUT2D eigenvalue weighted by atomic mass is 10.1. The number of nitrogens with zero attached hydrogens (tertiary/aromatic N) is 3. The number of halogens is 1. The molecule has 0 radical (unpaired) electrons. The average Bonchev–Trinajstić information content (AvgIpc) is 3.28. The molecule has 1 aromatic carbocycles. The van der Waals surface area contributed by atoms with Crippen molar-refractivity contribution in [2.45, 2.75) is 19.3 Å². The number of thiazole rings is 1. The third kappa shape index (κ3) is 2.99. The van der Waals surface area contributed by atoms with E-state index in [1.165, 1.54) is 24.8 Å². The van der Waals surface area contributed by atoms with Gasteiger partial charge >= 0.3 is 0 Å². The van der Waals surface area contributed by atoms with Crippen LogP contribution in [-0.2, 0) is 6.42 Å². The van der Waals surface area contributed by atoms with Crippen molar-refractivity contribution < 1.29 is 4.42 Å². The van der Waals surface area contributed by atoms with Crippen LogP contribution >= 0.6 is 22.9 Å². The lowest BCUT2D eigenvalue weighted by molar-refractivity contribution is 0.572. The number of oxazole rings is 1. The molecule has 3 heterocycles. The van der Waals surface area contributed by atoms with Crippen molar-refractivity contribution in [3.63, 3.8) is 0 Å². The zero-order valence-electron chi connectivity index (χ0n) is 12.5. The maximum Gasteiger partial charge on any atom is 0.187 e. The minimum atomic E-state index is 0.503. The normalized spacial score (nSPS) is 14.6. The predicted molar refractivity (Wildman–Crippen MR) is 93.3 cm³/mol. The third-order valence-corrected chi connectivity index (χ3v) is 5.51. The molecule has 0 atom stereocenters. The highest BCUT2D eigenvalue weighted by Gasteiger charge is 2.23. The van der Waals surface area contributed by atoms with Crippen LogP contribution in [0, 0.1) is 0 Å². The summed E-state index contributed by atoms with van der Waals surface area (Å²) in [7, 11) is 0. The van der Waals surface area contributed by atoms with Crippen LogP contribution in [0.15, 0.2) is 41.1 Å². The summed E-state index contributed by atoms with van der Waals surface area (Å²) in [5.74, 6) is 0.738. The molecule has 0 bridgehead atoms. The first-order chi connectivity index (χ1) is 11.3. The maximum atomic E-state index is 6.37. The van der Waals surface area contributed by atoms with Crippen LogP contribution in [0.5, 0.6) is 0 Å². The standard InChI is InChI=1S/C17H16ClN3OS/c18-16-15(23-17(20-16)21-8-4-5-9-21)14-13(19-11-22-14)10-12-6-2-1-3-7-12/h1-3,6-7,11H,4-5,8-10H2. The molecule has 1 aliphatic heterocycles. The summed E-state index contributed by atoms with van der Waals surface area (Å²) in [6.45, 7) is 2.10. The van der Waals surface area contributed by atoms with E-state index >= 15 is 0 Å². The van der Waals surface area contributed by atoms with Crippen LogP contribution in [0.2, 0.25) is 5.15 Å². The Morgan fingerprint density at radius 3 is 2.74 bits per heavy atom. The Hall–Kier alpha value is -1.85.